The Morgan fingerprint density at radius 1 is 1.05 bits per heavy atom. The van der Waals surface area contributed by atoms with Crippen LogP contribution in [0.4, 0.5) is 5.82 Å². The smallest absolute Gasteiger partial charge is 0.155 e. The highest BCUT2D eigenvalue weighted by Crippen LogP contribution is 2.30. The summed E-state index contributed by atoms with van der Waals surface area (Å²) >= 11 is 0. The molecule has 2 aromatic heterocycles. The first-order valence-electron chi connectivity index (χ1n) is 7.39. The number of anilines is 1. The summed E-state index contributed by atoms with van der Waals surface area (Å²) in [5.41, 5.74) is 5.22. The summed E-state index contributed by atoms with van der Waals surface area (Å²) in [5, 5.41) is 0. The van der Waals surface area contributed by atoms with E-state index in [1.807, 2.05) is 13.1 Å². The fraction of sp³-hybridized carbons (Fsp3) is 0.375. The number of pyridine rings is 1. The lowest BCUT2D eigenvalue weighted by molar-refractivity contribution is 0.928. The van der Waals surface area contributed by atoms with Crippen LogP contribution in [0.3, 0.4) is 0 Å². The molecule has 4 heterocycles. The second-order valence-corrected chi connectivity index (χ2v) is 5.54. The summed E-state index contributed by atoms with van der Waals surface area (Å²) in [6.07, 6.45) is 7.87. The third-order valence-corrected chi connectivity index (χ3v) is 4.18. The average molecular weight is 279 g/mol. The molecule has 0 aliphatic carbocycles. The van der Waals surface area contributed by atoms with Crippen LogP contribution in [0.25, 0.3) is 11.3 Å². The van der Waals surface area contributed by atoms with Gasteiger partial charge in [-0.3, -0.25) is 15.0 Å². The minimum Gasteiger partial charge on any atom is -0.355 e. The third kappa shape index (κ3) is 2.09. The largest absolute Gasteiger partial charge is 0.355 e. The summed E-state index contributed by atoms with van der Waals surface area (Å²) in [6.45, 7) is 4.85. The van der Waals surface area contributed by atoms with Crippen molar-refractivity contribution < 1.29 is 0 Å². The van der Waals surface area contributed by atoms with Gasteiger partial charge in [0.05, 0.1) is 12.2 Å². The Balaban J connectivity index is 1.80. The number of rotatable bonds is 2. The Bertz CT molecular complexity index is 716. The van der Waals surface area contributed by atoms with E-state index in [4.69, 9.17) is 0 Å². The number of hydrogen-bond acceptors (Lipinski definition) is 5. The molecule has 5 nitrogen and oxygen atoms in total. The molecule has 1 saturated heterocycles. The predicted molar refractivity (Wildman–Crippen MR) is 82.6 cm³/mol. The van der Waals surface area contributed by atoms with Gasteiger partial charge in [0.2, 0.25) is 0 Å². The van der Waals surface area contributed by atoms with Crippen molar-refractivity contribution >= 4 is 11.5 Å². The standard InChI is InChI=1S/C16H17N5/c1-11-13-8-12(9-20-14(13)10-19-11)15-16(18-5-4-17-15)21-6-2-3-7-21/h4-5,8-9H,2-3,6-7,10H2,1H3. The molecular formula is C16H17N5. The minimum absolute atomic E-state index is 0.695. The molecule has 0 radical (unpaired) electrons. The molecule has 2 aliphatic heterocycles. The van der Waals surface area contributed by atoms with E-state index in [0.717, 1.165) is 47.1 Å². The van der Waals surface area contributed by atoms with Crippen LogP contribution in [0.1, 0.15) is 31.0 Å². The van der Waals surface area contributed by atoms with E-state index in [1.165, 1.54) is 12.8 Å². The fourth-order valence-electron chi connectivity index (χ4n) is 3.04. The van der Waals surface area contributed by atoms with Crippen molar-refractivity contribution in [2.75, 3.05) is 18.0 Å². The van der Waals surface area contributed by atoms with Gasteiger partial charge in [-0.1, -0.05) is 0 Å². The molecule has 106 valence electrons. The van der Waals surface area contributed by atoms with E-state index in [2.05, 4.69) is 30.9 Å². The molecule has 0 amide bonds. The van der Waals surface area contributed by atoms with E-state index in [-0.39, 0.29) is 0 Å². The Kier molecular flexibility index (Phi) is 2.91. The van der Waals surface area contributed by atoms with Crippen LogP contribution in [0.15, 0.2) is 29.6 Å². The molecule has 0 atom stereocenters. The zero-order valence-corrected chi connectivity index (χ0v) is 12.1. The molecule has 0 spiro atoms. The van der Waals surface area contributed by atoms with Crippen molar-refractivity contribution in [3.8, 4) is 11.3 Å². The van der Waals surface area contributed by atoms with Gasteiger partial charge in [0, 0.05) is 48.5 Å². The zero-order chi connectivity index (χ0) is 14.2. The van der Waals surface area contributed by atoms with Gasteiger partial charge in [0.25, 0.3) is 0 Å². The normalized spacial score (nSPS) is 17.0. The van der Waals surface area contributed by atoms with Crippen molar-refractivity contribution in [1.82, 2.24) is 15.0 Å². The molecule has 0 aromatic carbocycles. The summed E-state index contributed by atoms with van der Waals surface area (Å²) < 4.78 is 0. The lowest BCUT2D eigenvalue weighted by Crippen LogP contribution is -2.20. The predicted octanol–water partition coefficient (Wildman–Crippen LogP) is 2.46. The van der Waals surface area contributed by atoms with E-state index < -0.39 is 0 Å². The number of hydrogen-bond donors (Lipinski definition) is 0. The fourth-order valence-corrected chi connectivity index (χ4v) is 3.04. The van der Waals surface area contributed by atoms with Crippen molar-refractivity contribution in [1.29, 1.82) is 0 Å². The number of aromatic nitrogens is 3. The highest BCUT2D eigenvalue weighted by atomic mass is 15.2. The monoisotopic (exact) mass is 279 g/mol. The van der Waals surface area contributed by atoms with Gasteiger partial charge in [-0.25, -0.2) is 4.98 Å². The number of aliphatic imine (C=N–C) groups is 1. The quantitative estimate of drug-likeness (QED) is 0.847. The zero-order valence-electron chi connectivity index (χ0n) is 12.1. The van der Waals surface area contributed by atoms with Crippen molar-refractivity contribution in [2.24, 2.45) is 4.99 Å². The topological polar surface area (TPSA) is 54.3 Å². The first kappa shape index (κ1) is 12.4. The van der Waals surface area contributed by atoms with Crippen molar-refractivity contribution in [2.45, 2.75) is 26.3 Å². The van der Waals surface area contributed by atoms with Crippen LogP contribution < -0.4 is 4.90 Å². The average Bonchev–Trinajstić information content (AvgIpc) is 3.18. The number of nitrogens with zero attached hydrogens (tertiary/aromatic N) is 5. The van der Waals surface area contributed by atoms with Gasteiger partial charge in [0.15, 0.2) is 5.82 Å². The van der Waals surface area contributed by atoms with Gasteiger partial charge >= 0.3 is 0 Å². The molecule has 2 aromatic rings. The first-order chi connectivity index (χ1) is 10.3. The van der Waals surface area contributed by atoms with Crippen molar-refractivity contribution in [3.63, 3.8) is 0 Å². The molecule has 0 unspecified atom stereocenters. The second kappa shape index (κ2) is 4.91. The summed E-state index contributed by atoms with van der Waals surface area (Å²) in [4.78, 5) is 20.4. The maximum Gasteiger partial charge on any atom is 0.155 e. The Morgan fingerprint density at radius 3 is 2.71 bits per heavy atom. The SMILES string of the molecule is CC1=NCc2ncc(-c3nccnc3N3CCCC3)cc21. The molecule has 4 rings (SSSR count). The first-order valence-corrected chi connectivity index (χ1v) is 7.39. The lowest BCUT2D eigenvalue weighted by atomic mass is 10.1. The molecular weight excluding hydrogens is 262 g/mol. The Morgan fingerprint density at radius 2 is 1.86 bits per heavy atom. The van der Waals surface area contributed by atoms with Crippen LogP contribution in [0.2, 0.25) is 0 Å². The van der Waals surface area contributed by atoms with Crippen molar-refractivity contribution in [3.05, 3.63) is 35.9 Å². The van der Waals surface area contributed by atoms with E-state index in [9.17, 15) is 0 Å². The van der Waals surface area contributed by atoms with Gasteiger partial charge < -0.3 is 4.90 Å². The molecule has 5 heteroatoms. The third-order valence-electron chi connectivity index (χ3n) is 4.18. The molecule has 2 aliphatic rings. The number of fused-ring (bicyclic) bond motifs is 1. The van der Waals surface area contributed by atoms with Gasteiger partial charge in [-0.15, -0.1) is 0 Å². The van der Waals surface area contributed by atoms with Gasteiger partial charge in [-0.2, -0.15) is 0 Å². The molecule has 21 heavy (non-hydrogen) atoms. The van der Waals surface area contributed by atoms with E-state index >= 15 is 0 Å². The minimum atomic E-state index is 0.695. The Labute approximate surface area is 123 Å². The molecule has 0 N–H and O–H groups in total. The van der Waals surface area contributed by atoms with Crippen LogP contribution in [0.5, 0.6) is 0 Å². The highest BCUT2D eigenvalue weighted by molar-refractivity contribution is 6.02. The van der Waals surface area contributed by atoms with Crippen LogP contribution >= 0.6 is 0 Å². The summed E-state index contributed by atoms with van der Waals surface area (Å²) in [7, 11) is 0. The van der Waals surface area contributed by atoms with Gasteiger partial charge in [-0.05, 0) is 25.8 Å². The second-order valence-electron chi connectivity index (χ2n) is 5.54. The highest BCUT2D eigenvalue weighted by Gasteiger charge is 2.21. The Hall–Kier alpha value is -2.30. The maximum atomic E-state index is 4.56. The van der Waals surface area contributed by atoms with Crippen LogP contribution in [-0.4, -0.2) is 33.8 Å². The summed E-state index contributed by atoms with van der Waals surface area (Å²) in [5.74, 6) is 0.976. The molecule has 0 saturated carbocycles. The van der Waals surface area contributed by atoms with E-state index in [1.54, 1.807) is 12.4 Å². The van der Waals surface area contributed by atoms with Gasteiger partial charge in [0.1, 0.15) is 5.69 Å². The van der Waals surface area contributed by atoms with Crippen LogP contribution in [0, 0.1) is 0 Å². The molecule has 0 bridgehead atoms. The lowest BCUT2D eigenvalue weighted by Gasteiger charge is -2.19. The maximum absolute atomic E-state index is 4.56. The van der Waals surface area contributed by atoms with Crippen LogP contribution in [-0.2, 0) is 6.54 Å². The summed E-state index contributed by atoms with van der Waals surface area (Å²) in [6, 6.07) is 2.15. The van der Waals surface area contributed by atoms with E-state index in [0.29, 0.717) is 6.54 Å². The molecule has 1 fully saturated rings.